The van der Waals surface area contributed by atoms with Crippen LogP contribution in [0.3, 0.4) is 0 Å². The summed E-state index contributed by atoms with van der Waals surface area (Å²) in [7, 11) is 0. The predicted molar refractivity (Wildman–Crippen MR) is 49.0 cm³/mol. The monoisotopic (exact) mass is 176 g/mol. The van der Waals surface area contributed by atoms with Gasteiger partial charge in [-0.05, 0) is 17.2 Å². The Morgan fingerprint density at radius 1 is 1.40 bits per heavy atom. The van der Waals surface area contributed by atoms with Crippen LogP contribution in [0.25, 0.3) is 0 Å². The lowest BCUT2D eigenvalue weighted by atomic mass is 10.4. The molecule has 0 spiro atoms. The van der Waals surface area contributed by atoms with Crippen molar-refractivity contribution in [2.24, 2.45) is 0 Å². The Morgan fingerprint density at radius 3 is 2.70 bits per heavy atom. The predicted octanol–water partition coefficient (Wildman–Crippen LogP) is 3.04. The molecule has 10 heavy (non-hydrogen) atoms. The highest BCUT2D eigenvalue weighted by Crippen LogP contribution is 2.33. The minimum Gasteiger partial charge on any atom is -0.357 e. The van der Waals surface area contributed by atoms with Gasteiger partial charge in [0.1, 0.15) is 0 Å². The van der Waals surface area contributed by atoms with E-state index in [9.17, 15) is 0 Å². The minimum absolute atomic E-state index is 0.339. The molecule has 1 heterocycles. The van der Waals surface area contributed by atoms with Crippen molar-refractivity contribution in [3.8, 4) is 0 Å². The maximum Gasteiger partial charge on any atom is 0.157 e. The van der Waals surface area contributed by atoms with E-state index in [0.29, 0.717) is 4.77 Å². The van der Waals surface area contributed by atoms with Gasteiger partial charge < -0.3 is 4.74 Å². The second kappa shape index (κ2) is 5.10. The number of unbranched alkanes of at least 4 members (excludes halogenated alkanes) is 1. The lowest BCUT2D eigenvalue weighted by molar-refractivity contribution is 0.160. The molecule has 0 unspecified atom stereocenters. The third kappa shape index (κ3) is 2.99. The van der Waals surface area contributed by atoms with E-state index in [-0.39, 0.29) is 0 Å². The van der Waals surface area contributed by atoms with E-state index in [2.05, 4.69) is 17.7 Å². The van der Waals surface area contributed by atoms with Gasteiger partial charge in [-0.3, -0.25) is 0 Å². The van der Waals surface area contributed by atoms with Crippen molar-refractivity contribution in [1.29, 1.82) is 0 Å². The zero-order chi connectivity index (χ0) is 7.23. The van der Waals surface area contributed by atoms with Crippen LogP contribution >= 0.6 is 23.5 Å². The fourth-order valence-electron chi connectivity index (χ4n) is 0.627. The largest absolute Gasteiger partial charge is 0.357 e. The van der Waals surface area contributed by atoms with Gasteiger partial charge in [-0.15, -0.1) is 0 Å². The molecule has 0 saturated carbocycles. The molecule has 0 bridgehead atoms. The summed E-state index contributed by atoms with van der Waals surface area (Å²) in [6.45, 7) is 3.08. The smallest absolute Gasteiger partial charge is 0.157 e. The molecule has 0 saturated heterocycles. The van der Waals surface area contributed by atoms with Gasteiger partial charge in [-0.25, -0.2) is 0 Å². The Balaban J connectivity index is 1.93. The van der Waals surface area contributed by atoms with Gasteiger partial charge in [0.2, 0.25) is 0 Å². The van der Waals surface area contributed by atoms with Crippen molar-refractivity contribution in [3.05, 3.63) is 10.8 Å². The third-order valence-electron chi connectivity index (χ3n) is 1.19. The summed E-state index contributed by atoms with van der Waals surface area (Å²) in [4.78, 5) is 0. The van der Waals surface area contributed by atoms with E-state index in [1.807, 2.05) is 0 Å². The first-order chi connectivity index (χ1) is 4.93. The maximum absolute atomic E-state index is 5.51. The highest BCUT2D eigenvalue weighted by Gasteiger charge is 2.10. The molecule has 0 aromatic rings. The van der Waals surface area contributed by atoms with Crippen LogP contribution in [0.5, 0.6) is 0 Å². The molecule has 1 nitrogen and oxygen atoms in total. The second-order valence-corrected chi connectivity index (χ2v) is 4.30. The Hall–Kier alpha value is 0.400. The molecule has 0 aromatic heterocycles. The molecule has 0 fully saturated rings. The van der Waals surface area contributed by atoms with Crippen molar-refractivity contribution in [1.82, 2.24) is 0 Å². The van der Waals surface area contributed by atoms with Crippen LogP contribution in [0.15, 0.2) is 10.8 Å². The fraction of sp³-hybridized carbons (Fsp3) is 0.714. The van der Waals surface area contributed by atoms with Gasteiger partial charge in [0.15, 0.2) is 4.77 Å². The highest BCUT2D eigenvalue weighted by atomic mass is 32.2. The summed E-state index contributed by atoms with van der Waals surface area (Å²) in [5.74, 6) is 0. The van der Waals surface area contributed by atoms with Crippen molar-refractivity contribution < 1.29 is 4.74 Å². The lowest BCUT2D eigenvalue weighted by Crippen LogP contribution is -2.00. The average Bonchev–Trinajstić information content (AvgIpc) is 2.41. The molecule has 3 heteroatoms. The topological polar surface area (TPSA) is 9.23 Å². The van der Waals surface area contributed by atoms with Crippen LogP contribution in [-0.2, 0) is 4.74 Å². The fourth-order valence-corrected chi connectivity index (χ4v) is 2.39. The summed E-state index contributed by atoms with van der Waals surface area (Å²) in [5, 5.41) is 4.17. The van der Waals surface area contributed by atoms with Crippen LogP contribution in [0.1, 0.15) is 19.8 Å². The molecule has 1 aliphatic heterocycles. The van der Waals surface area contributed by atoms with E-state index >= 15 is 0 Å². The molecule has 58 valence electrons. The molecule has 0 amide bonds. The Bertz CT molecular complexity index is 106. The maximum atomic E-state index is 5.51. The molecule has 1 aliphatic rings. The molecular formula is C7H12OS2. The average molecular weight is 176 g/mol. The van der Waals surface area contributed by atoms with E-state index in [4.69, 9.17) is 4.74 Å². The first kappa shape index (κ1) is 8.50. The number of thioether (sulfide) groups is 2. The van der Waals surface area contributed by atoms with E-state index < -0.39 is 0 Å². The van der Waals surface area contributed by atoms with Gasteiger partial charge in [0, 0.05) is 6.61 Å². The molecule has 0 N–H and O–H groups in total. The first-order valence-electron chi connectivity index (χ1n) is 3.51. The van der Waals surface area contributed by atoms with Gasteiger partial charge in [-0.2, -0.15) is 0 Å². The summed E-state index contributed by atoms with van der Waals surface area (Å²) in [6.07, 6.45) is 2.40. The molecular weight excluding hydrogens is 164 g/mol. The standard InChI is InChI=1S/C7H12OS2/c1-2-3-4-8-7-9-5-6-10-7/h5-7H,2-4H2,1H3. The van der Waals surface area contributed by atoms with Gasteiger partial charge >= 0.3 is 0 Å². The number of hydrogen-bond acceptors (Lipinski definition) is 3. The SMILES string of the molecule is CCCCOC1SC=CS1. The normalized spacial score (nSPS) is 18.5. The molecule has 1 rings (SSSR count). The quantitative estimate of drug-likeness (QED) is 0.609. The molecule has 0 aromatic carbocycles. The van der Waals surface area contributed by atoms with E-state index in [1.165, 1.54) is 12.8 Å². The van der Waals surface area contributed by atoms with Crippen LogP contribution in [0.2, 0.25) is 0 Å². The Kier molecular flexibility index (Phi) is 4.34. The summed E-state index contributed by atoms with van der Waals surface area (Å²) in [6, 6.07) is 0. The zero-order valence-electron chi connectivity index (χ0n) is 6.08. The van der Waals surface area contributed by atoms with Crippen molar-refractivity contribution in [2.75, 3.05) is 6.61 Å². The van der Waals surface area contributed by atoms with Crippen LogP contribution < -0.4 is 0 Å². The van der Waals surface area contributed by atoms with Crippen molar-refractivity contribution in [2.45, 2.75) is 24.5 Å². The van der Waals surface area contributed by atoms with Crippen LogP contribution in [0.4, 0.5) is 0 Å². The zero-order valence-corrected chi connectivity index (χ0v) is 7.71. The number of rotatable bonds is 4. The lowest BCUT2D eigenvalue weighted by Gasteiger charge is -2.07. The second-order valence-electron chi connectivity index (χ2n) is 2.06. The van der Waals surface area contributed by atoms with Crippen molar-refractivity contribution >= 4 is 23.5 Å². The van der Waals surface area contributed by atoms with Gasteiger partial charge in [-0.1, -0.05) is 36.9 Å². The van der Waals surface area contributed by atoms with Gasteiger partial charge in [0.25, 0.3) is 0 Å². The van der Waals surface area contributed by atoms with Gasteiger partial charge in [0.05, 0.1) is 0 Å². The van der Waals surface area contributed by atoms with Crippen molar-refractivity contribution in [3.63, 3.8) is 0 Å². The molecule has 0 atom stereocenters. The summed E-state index contributed by atoms with van der Waals surface area (Å²) < 4.78 is 5.85. The minimum atomic E-state index is 0.339. The van der Waals surface area contributed by atoms with E-state index in [1.54, 1.807) is 23.5 Å². The van der Waals surface area contributed by atoms with Crippen LogP contribution in [-0.4, -0.2) is 11.4 Å². The third-order valence-corrected chi connectivity index (χ3v) is 3.33. The molecule has 0 aliphatic carbocycles. The first-order valence-corrected chi connectivity index (χ1v) is 5.39. The molecule has 0 radical (unpaired) electrons. The van der Waals surface area contributed by atoms with Crippen LogP contribution in [0, 0.1) is 0 Å². The van der Waals surface area contributed by atoms with E-state index in [0.717, 1.165) is 6.61 Å². The highest BCUT2D eigenvalue weighted by molar-refractivity contribution is 8.22. The Labute approximate surface area is 70.6 Å². The Morgan fingerprint density at radius 2 is 2.10 bits per heavy atom. The number of hydrogen-bond donors (Lipinski definition) is 0. The number of ether oxygens (including phenoxy) is 1. The summed E-state index contributed by atoms with van der Waals surface area (Å²) in [5.41, 5.74) is 0. The summed E-state index contributed by atoms with van der Waals surface area (Å²) >= 11 is 3.51.